The zero-order valence-electron chi connectivity index (χ0n) is 14.3. The molecule has 0 atom stereocenters. The van der Waals surface area contributed by atoms with Gasteiger partial charge in [0.25, 0.3) is 0 Å². The summed E-state index contributed by atoms with van der Waals surface area (Å²) in [6.45, 7) is 1.91. The number of aromatic amines is 1. The third kappa shape index (κ3) is 2.69. The largest absolute Gasteiger partial charge is 0.346 e. The van der Waals surface area contributed by atoms with Gasteiger partial charge in [0.2, 0.25) is 0 Å². The molecular weight excluding hydrogens is 358 g/mol. The maximum atomic E-state index is 12.3. The van der Waals surface area contributed by atoms with Crippen LogP contribution < -0.4 is 5.43 Å². The molecule has 5 aromatic rings. The molecule has 0 radical (unpaired) electrons. The van der Waals surface area contributed by atoms with Gasteiger partial charge < -0.3 is 4.98 Å². The third-order valence-corrected chi connectivity index (χ3v) is 5.23. The number of hydrogen-bond acceptors (Lipinski definition) is 6. The molecule has 4 aromatic heterocycles. The Labute approximate surface area is 157 Å². The van der Waals surface area contributed by atoms with E-state index in [4.69, 9.17) is 4.98 Å². The normalized spacial score (nSPS) is 11.3. The van der Waals surface area contributed by atoms with E-state index >= 15 is 0 Å². The second kappa shape index (κ2) is 6.07. The van der Waals surface area contributed by atoms with Gasteiger partial charge in [0.15, 0.2) is 10.4 Å². The fraction of sp³-hybridized carbons (Fsp3) is 0.0500. The van der Waals surface area contributed by atoms with Crippen LogP contribution in [-0.2, 0) is 0 Å². The van der Waals surface area contributed by atoms with Crippen LogP contribution >= 0.6 is 11.3 Å². The van der Waals surface area contributed by atoms with E-state index in [0.29, 0.717) is 16.7 Å². The smallest absolute Gasteiger partial charge is 0.191 e. The van der Waals surface area contributed by atoms with Gasteiger partial charge in [0, 0.05) is 29.4 Å². The van der Waals surface area contributed by atoms with Crippen LogP contribution in [0.1, 0.15) is 5.01 Å². The lowest BCUT2D eigenvalue weighted by atomic mass is 10.0. The van der Waals surface area contributed by atoms with Crippen molar-refractivity contribution in [1.29, 1.82) is 0 Å². The van der Waals surface area contributed by atoms with Gasteiger partial charge in [-0.1, -0.05) is 23.5 Å². The van der Waals surface area contributed by atoms with Crippen molar-refractivity contribution in [2.24, 2.45) is 0 Å². The summed E-state index contributed by atoms with van der Waals surface area (Å²) in [6.07, 6.45) is 3.38. The van der Waals surface area contributed by atoms with Gasteiger partial charge in [-0.15, -0.1) is 10.2 Å². The third-order valence-electron chi connectivity index (χ3n) is 4.39. The highest BCUT2D eigenvalue weighted by Gasteiger charge is 2.16. The predicted octanol–water partition coefficient (Wildman–Crippen LogP) is 3.97. The zero-order chi connectivity index (χ0) is 18.4. The van der Waals surface area contributed by atoms with E-state index in [0.717, 1.165) is 32.0 Å². The van der Waals surface area contributed by atoms with Gasteiger partial charge in [-0.25, -0.2) is 4.98 Å². The van der Waals surface area contributed by atoms with Crippen molar-refractivity contribution in [2.75, 3.05) is 0 Å². The highest BCUT2D eigenvalue weighted by molar-refractivity contribution is 7.14. The van der Waals surface area contributed by atoms with Gasteiger partial charge in [-0.05, 0) is 36.8 Å². The first-order chi connectivity index (χ1) is 13.2. The molecule has 7 heteroatoms. The Balaban J connectivity index is 1.85. The minimum absolute atomic E-state index is 0.0695. The number of nitrogens with zero attached hydrogens (tertiary/aromatic N) is 4. The van der Waals surface area contributed by atoms with E-state index in [9.17, 15) is 4.79 Å². The molecule has 0 unspecified atom stereocenters. The number of H-pyrrole nitrogens is 1. The fourth-order valence-corrected chi connectivity index (χ4v) is 3.81. The first-order valence-corrected chi connectivity index (χ1v) is 9.19. The van der Waals surface area contributed by atoms with E-state index in [2.05, 4.69) is 26.2 Å². The van der Waals surface area contributed by atoms with E-state index in [1.165, 1.54) is 17.4 Å². The van der Waals surface area contributed by atoms with Crippen LogP contribution in [0.25, 0.3) is 43.8 Å². The topological polar surface area (TPSA) is 84.4 Å². The summed E-state index contributed by atoms with van der Waals surface area (Å²) < 4.78 is 0. The summed E-state index contributed by atoms with van der Waals surface area (Å²) in [5.41, 5.74) is 3.90. The number of rotatable bonds is 2. The van der Waals surface area contributed by atoms with Crippen molar-refractivity contribution in [2.45, 2.75) is 6.92 Å². The molecule has 6 nitrogen and oxygen atoms in total. The lowest BCUT2D eigenvalue weighted by Gasteiger charge is -2.09. The SMILES string of the molecule is Cc1nnc(-c2nc3[nH]ccc(=O)c3cc2-c2ccc3ncccc3c2)s1. The average molecular weight is 371 g/mol. The van der Waals surface area contributed by atoms with Gasteiger partial charge in [-0.2, -0.15) is 0 Å². The van der Waals surface area contributed by atoms with E-state index in [1.807, 2.05) is 37.3 Å². The number of nitrogens with one attached hydrogen (secondary N) is 1. The summed E-state index contributed by atoms with van der Waals surface area (Å²) in [7, 11) is 0. The molecule has 0 bridgehead atoms. The Kier molecular flexibility index (Phi) is 3.54. The van der Waals surface area contributed by atoms with Crippen LogP contribution in [0.4, 0.5) is 0 Å². The number of aryl methyl sites for hydroxylation is 1. The molecule has 0 fully saturated rings. The highest BCUT2D eigenvalue weighted by Crippen LogP contribution is 2.34. The summed E-state index contributed by atoms with van der Waals surface area (Å²) in [4.78, 5) is 24.5. The zero-order valence-corrected chi connectivity index (χ0v) is 15.1. The Morgan fingerprint density at radius 1 is 1.07 bits per heavy atom. The molecule has 1 aromatic carbocycles. The number of pyridine rings is 3. The standard InChI is InChI=1S/C20H13N5OS/c1-11-24-25-20(27-11)18-14(10-15-17(26)6-8-22-19(15)23-18)12-4-5-16-13(9-12)3-2-7-21-16/h2-10H,1H3,(H,22,23,26). The number of benzene rings is 1. The lowest BCUT2D eigenvalue weighted by molar-refractivity contribution is 1.05. The van der Waals surface area contributed by atoms with Crippen molar-refractivity contribution >= 4 is 33.3 Å². The highest BCUT2D eigenvalue weighted by atomic mass is 32.1. The van der Waals surface area contributed by atoms with E-state index in [1.54, 1.807) is 12.4 Å². The molecule has 0 saturated heterocycles. The van der Waals surface area contributed by atoms with Gasteiger partial charge in [0.1, 0.15) is 16.3 Å². The molecule has 27 heavy (non-hydrogen) atoms. The second-order valence-corrected chi connectivity index (χ2v) is 7.34. The quantitative estimate of drug-likeness (QED) is 0.508. The molecule has 0 aliphatic carbocycles. The lowest BCUT2D eigenvalue weighted by Crippen LogP contribution is -2.03. The molecule has 0 amide bonds. The first kappa shape index (κ1) is 15.8. The van der Waals surface area contributed by atoms with Crippen LogP contribution in [-0.4, -0.2) is 25.1 Å². The Morgan fingerprint density at radius 3 is 2.85 bits per heavy atom. The van der Waals surface area contributed by atoms with Gasteiger partial charge in [0.05, 0.1) is 10.9 Å². The van der Waals surface area contributed by atoms with Crippen LogP contribution in [0.15, 0.2) is 59.7 Å². The van der Waals surface area contributed by atoms with Crippen molar-refractivity contribution in [3.05, 3.63) is 70.1 Å². The summed E-state index contributed by atoms with van der Waals surface area (Å²) in [6, 6.07) is 13.3. The van der Waals surface area contributed by atoms with Crippen LogP contribution in [0, 0.1) is 6.92 Å². The summed E-state index contributed by atoms with van der Waals surface area (Å²) >= 11 is 1.48. The maximum absolute atomic E-state index is 12.3. The molecule has 0 aliphatic heterocycles. The van der Waals surface area contributed by atoms with Gasteiger partial charge >= 0.3 is 0 Å². The summed E-state index contributed by atoms with van der Waals surface area (Å²) in [5, 5.41) is 11.5. The fourth-order valence-electron chi connectivity index (χ4n) is 3.12. The monoisotopic (exact) mass is 371 g/mol. The molecule has 0 spiro atoms. The molecule has 0 saturated carbocycles. The molecule has 5 rings (SSSR count). The minimum atomic E-state index is -0.0695. The van der Waals surface area contributed by atoms with Crippen molar-refractivity contribution < 1.29 is 0 Å². The molecule has 0 aliphatic rings. The average Bonchev–Trinajstić information content (AvgIpc) is 3.13. The predicted molar refractivity (Wildman–Crippen MR) is 107 cm³/mol. The van der Waals surface area contributed by atoms with Crippen molar-refractivity contribution in [3.8, 4) is 21.8 Å². The first-order valence-electron chi connectivity index (χ1n) is 8.37. The van der Waals surface area contributed by atoms with E-state index in [-0.39, 0.29) is 5.43 Å². The van der Waals surface area contributed by atoms with E-state index < -0.39 is 0 Å². The molecular formula is C20H13N5OS. The maximum Gasteiger partial charge on any atom is 0.191 e. The number of aromatic nitrogens is 5. The van der Waals surface area contributed by atoms with Crippen LogP contribution in [0.2, 0.25) is 0 Å². The minimum Gasteiger partial charge on any atom is -0.346 e. The van der Waals surface area contributed by atoms with Crippen molar-refractivity contribution in [3.63, 3.8) is 0 Å². The molecule has 130 valence electrons. The Bertz CT molecular complexity index is 1370. The number of fused-ring (bicyclic) bond motifs is 2. The van der Waals surface area contributed by atoms with Crippen LogP contribution in [0.5, 0.6) is 0 Å². The van der Waals surface area contributed by atoms with Crippen molar-refractivity contribution in [1.82, 2.24) is 25.1 Å². The summed E-state index contributed by atoms with van der Waals surface area (Å²) in [5.74, 6) is 0. The van der Waals surface area contributed by atoms with Crippen LogP contribution in [0.3, 0.4) is 0 Å². The Morgan fingerprint density at radius 2 is 2.00 bits per heavy atom. The molecule has 1 N–H and O–H groups in total. The second-order valence-electron chi connectivity index (χ2n) is 6.16. The number of hydrogen-bond donors (Lipinski definition) is 1. The van der Waals surface area contributed by atoms with Gasteiger partial charge in [-0.3, -0.25) is 9.78 Å². The Hall–Kier alpha value is -3.45. The molecule has 4 heterocycles.